The number of carbonyl (C=O) groups excluding carboxylic acids is 2. The van der Waals surface area contributed by atoms with Gasteiger partial charge >= 0.3 is 0 Å². The number of nitrogens with zero attached hydrogens (tertiary/aromatic N) is 1. The number of fused-ring (bicyclic) bond motifs is 1. The highest BCUT2D eigenvalue weighted by Crippen LogP contribution is 2.18. The van der Waals surface area contributed by atoms with E-state index in [1.54, 1.807) is 18.2 Å². The molecule has 0 saturated carbocycles. The third-order valence-corrected chi connectivity index (χ3v) is 1.89. The van der Waals surface area contributed by atoms with Crippen LogP contribution in [0.2, 0.25) is 0 Å². The summed E-state index contributed by atoms with van der Waals surface area (Å²) >= 11 is 0. The number of benzene rings is 1. The Hall–Kier alpha value is -1.97. The van der Waals surface area contributed by atoms with Gasteiger partial charge < -0.3 is 14.0 Å². The minimum atomic E-state index is -0.901. The Morgan fingerprint density at radius 1 is 1.21 bits per heavy atom. The van der Waals surface area contributed by atoms with Crippen LogP contribution in [-0.4, -0.2) is 17.6 Å². The van der Waals surface area contributed by atoms with Crippen molar-refractivity contribution in [2.45, 2.75) is 5.92 Å². The minimum absolute atomic E-state index is 0.149. The second-order valence-corrected chi connectivity index (χ2v) is 2.82. The molecule has 2 rings (SSSR count). The van der Waals surface area contributed by atoms with Crippen LogP contribution in [0.3, 0.4) is 0 Å². The zero-order valence-electron chi connectivity index (χ0n) is 7.21. The summed E-state index contributed by atoms with van der Waals surface area (Å²) in [7, 11) is 0. The van der Waals surface area contributed by atoms with Crippen molar-refractivity contribution in [1.29, 1.82) is 0 Å². The highest BCUT2D eigenvalue weighted by Gasteiger charge is 2.15. The van der Waals surface area contributed by atoms with Gasteiger partial charge in [0.1, 0.15) is 24.0 Å². The SMILES string of the molecule is O=CC(C=O)c1nc2ccccc2o1. The Bertz CT molecular complexity index is 434. The molecule has 4 nitrogen and oxygen atoms in total. The van der Waals surface area contributed by atoms with Gasteiger partial charge in [0, 0.05) is 0 Å². The van der Waals surface area contributed by atoms with Gasteiger partial charge in [-0.3, -0.25) is 0 Å². The first kappa shape index (κ1) is 8.62. The van der Waals surface area contributed by atoms with Crippen LogP contribution < -0.4 is 0 Å². The average Bonchev–Trinajstić information content (AvgIpc) is 2.63. The molecular formula is C10H7NO3. The summed E-state index contributed by atoms with van der Waals surface area (Å²) in [5, 5.41) is 0. The molecule has 0 atom stereocenters. The van der Waals surface area contributed by atoms with Crippen LogP contribution in [0, 0.1) is 0 Å². The fourth-order valence-corrected chi connectivity index (χ4v) is 1.18. The van der Waals surface area contributed by atoms with E-state index in [1.807, 2.05) is 6.07 Å². The first-order chi connectivity index (χ1) is 6.85. The van der Waals surface area contributed by atoms with Gasteiger partial charge in [-0.1, -0.05) is 12.1 Å². The highest BCUT2D eigenvalue weighted by atomic mass is 16.3. The molecule has 0 fully saturated rings. The monoisotopic (exact) mass is 189 g/mol. The number of para-hydroxylation sites is 2. The van der Waals surface area contributed by atoms with E-state index >= 15 is 0 Å². The van der Waals surface area contributed by atoms with E-state index in [-0.39, 0.29) is 5.89 Å². The smallest absolute Gasteiger partial charge is 0.213 e. The van der Waals surface area contributed by atoms with Crippen LogP contribution in [0.25, 0.3) is 11.1 Å². The Morgan fingerprint density at radius 2 is 1.93 bits per heavy atom. The van der Waals surface area contributed by atoms with Crippen LogP contribution in [0.4, 0.5) is 0 Å². The molecule has 1 heterocycles. The number of hydrogen-bond donors (Lipinski definition) is 0. The maximum absolute atomic E-state index is 10.5. The molecule has 0 aliphatic rings. The molecular weight excluding hydrogens is 182 g/mol. The second-order valence-electron chi connectivity index (χ2n) is 2.82. The maximum atomic E-state index is 10.5. The zero-order valence-corrected chi connectivity index (χ0v) is 7.21. The van der Waals surface area contributed by atoms with E-state index in [4.69, 9.17) is 4.42 Å². The van der Waals surface area contributed by atoms with Gasteiger partial charge in [-0.05, 0) is 12.1 Å². The summed E-state index contributed by atoms with van der Waals surface area (Å²) in [4.78, 5) is 25.0. The Morgan fingerprint density at radius 3 is 2.57 bits per heavy atom. The van der Waals surface area contributed by atoms with Crippen molar-refractivity contribution in [2.24, 2.45) is 0 Å². The summed E-state index contributed by atoms with van der Waals surface area (Å²) in [6, 6.07) is 7.10. The number of oxazole rings is 1. The quantitative estimate of drug-likeness (QED) is 0.539. The Kier molecular flexibility index (Phi) is 2.10. The summed E-state index contributed by atoms with van der Waals surface area (Å²) in [6.07, 6.45) is 1.02. The van der Waals surface area contributed by atoms with E-state index in [2.05, 4.69) is 4.98 Å². The summed E-state index contributed by atoms with van der Waals surface area (Å²) in [5.74, 6) is -0.751. The highest BCUT2D eigenvalue weighted by molar-refractivity contribution is 5.84. The predicted molar refractivity (Wildman–Crippen MR) is 48.9 cm³/mol. The van der Waals surface area contributed by atoms with E-state index in [0.717, 1.165) is 0 Å². The molecule has 0 saturated heterocycles. The van der Waals surface area contributed by atoms with Crippen molar-refractivity contribution in [3.8, 4) is 0 Å². The molecule has 1 aromatic heterocycles. The van der Waals surface area contributed by atoms with Gasteiger partial charge in [-0.2, -0.15) is 0 Å². The molecule has 0 radical (unpaired) electrons. The molecule has 0 aliphatic heterocycles. The topological polar surface area (TPSA) is 60.2 Å². The molecule has 70 valence electrons. The van der Waals surface area contributed by atoms with Gasteiger partial charge in [-0.25, -0.2) is 4.98 Å². The largest absolute Gasteiger partial charge is 0.439 e. The molecule has 1 aromatic carbocycles. The lowest BCUT2D eigenvalue weighted by molar-refractivity contribution is -0.116. The lowest BCUT2D eigenvalue weighted by Crippen LogP contribution is -2.00. The van der Waals surface area contributed by atoms with Crippen molar-refractivity contribution in [1.82, 2.24) is 4.98 Å². The first-order valence-electron chi connectivity index (χ1n) is 4.11. The molecule has 0 N–H and O–H groups in total. The van der Waals surface area contributed by atoms with Crippen molar-refractivity contribution >= 4 is 23.7 Å². The molecule has 0 spiro atoms. The van der Waals surface area contributed by atoms with Crippen molar-refractivity contribution in [3.05, 3.63) is 30.2 Å². The van der Waals surface area contributed by atoms with E-state index in [0.29, 0.717) is 23.7 Å². The van der Waals surface area contributed by atoms with Crippen molar-refractivity contribution in [2.75, 3.05) is 0 Å². The van der Waals surface area contributed by atoms with E-state index in [9.17, 15) is 9.59 Å². The minimum Gasteiger partial charge on any atom is -0.439 e. The van der Waals surface area contributed by atoms with Crippen LogP contribution in [0.15, 0.2) is 28.7 Å². The fourth-order valence-electron chi connectivity index (χ4n) is 1.18. The third-order valence-electron chi connectivity index (χ3n) is 1.89. The number of hydrogen-bond acceptors (Lipinski definition) is 4. The van der Waals surface area contributed by atoms with Crippen molar-refractivity contribution < 1.29 is 14.0 Å². The van der Waals surface area contributed by atoms with Gasteiger partial charge in [0.2, 0.25) is 5.89 Å². The number of aromatic nitrogens is 1. The van der Waals surface area contributed by atoms with Gasteiger partial charge in [0.25, 0.3) is 0 Å². The molecule has 0 aliphatic carbocycles. The lowest BCUT2D eigenvalue weighted by atomic mass is 10.2. The summed E-state index contributed by atoms with van der Waals surface area (Å²) in [6.45, 7) is 0. The molecule has 2 aromatic rings. The van der Waals surface area contributed by atoms with Crippen molar-refractivity contribution in [3.63, 3.8) is 0 Å². The van der Waals surface area contributed by atoms with E-state index in [1.165, 1.54) is 0 Å². The van der Waals surface area contributed by atoms with Gasteiger partial charge in [0.15, 0.2) is 5.58 Å². The standard InChI is InChI=1S/C10H7NO3/c12-5-7(6-13)10-11-8-3-1-2-4-9(8)14-10/h1-7H. The third kappa shape index (κ3) is 1.31. The molecule has 14 heavy (non-hydrogen) atoms. The summed E-state index contributed by atoms with van der Waals surface area (Å²) in [5.41, 5.74) is 1.23. The normalized spacial score (nSPS) is 10.6. The second kappa shape index (κ2) is 3.41. The first-order valence-corrected chi connectivity index (χ1v) is 4.11. The average molecular weight is 189 g/mol. The fraction of sp³-hybridized carbons (Fsp3) is 0.100. The molecule has 0 unspecified atom stereocenters. The molecule has 4 heteroatoms. The Balaban J connectivity index is 2.53. The van der Waals surface area contributed by atoms with Crippen LogP contribution in [0.5, 0.6) is 0 Å². The summed E-state index contributed by atoms with van der Waals surface area (Å²) < 4.78 is 5.24. The zero-order chi connectivity index (χ0) is 9.97. The number of carbonyl (C=O) groups is 2. The maximum Gasteiger partial charge on any atom is 0.213 e. The molecule has 0 amide bonds. The number of aldehydes is 2. The van der Waals surface area contributed by atoms with E-state index < -0.39 is 5.92 Å². The van der Waals surface area contributed by atoms with Crippen LogP contribution in [0.1, 0.15) is 11.8 Å². The van der Waals surface area contributed by atoms with Crippen LogP contribution in [-0.2, 0) is 9.59 Å². The van der Waals surface area contributed by atoms with Crippen LogP contribution >= 0.6 is 0 Å². The molecule has 0 bridgehead atoms. The van der Waals surface area contributed by atoms with Gasteiger partial charge in [0.05, 0.1) is 0 Å². The lowest BCUT2D eigenvalue weighted by Gasteiger charge is -1.91. The predicted octanol–water partition coefficient (Wildman–Crippen LogP) is 1.31. The Labute approximate surface area is 79.5 Å². The van der Waals surface area contributed by atoms with Gasteiger partial charge in [-0.15, -0.1) is 0 Å². The number of rotatable bonds is 3.